The van der Waals surface area contributed by atoms with Crippen molar-refractivity contribution in [3.8, 4) is 0 Å². The molecule has 1 saturated heterocycles. The molecule has 1 aliphatic heterocycles. The van der Waals surface area contributed by atoms with Crippen LogP contribution in [0.15, 0.2) is 0 Å². The predicted molar refractivity (Wildman–Crippen MR) is 114 cm³/mol. The van der Waals surface area contributed by atoms with E-state index in [1.165, 1.54) is 64.9 Å². The maximum absolute atomic E-state index is 10.7. The molecule has 5 atom stereocenters. The van der Waals surface area contributed by atoms with Gasteiger partial charge in [-0.2, -0.15) is 0 Å². The quantitative estimate of drug-likeness (QED) is 0.114. The second-order valence-corrected chi connectivity index (χ2v) is 9.23. The molecule has 186 valence electrons. The van der Waals surface area contributed by atoms with Crippen molar-refractivity contribution in [2.75, 3.05) is 20.3 Å². The topological polar surface area (TPSA) is 135 Å². The number of aliphatic hydroxyl groups excluding tert-OH is 2. The normalized spacial score (nSPS) is 26.1. The van der Waals surface area contributed by atoms with Crippen LogP contribution in [-0.4, -0.2) is 74.2 Å². The van der Waals surface area contributed by atoms with E-state index in [2.05, 4.69) is 11.1 Å². The Bertz CT molecular complexity index is 549. The molecule has 9 nitrogen and oxygen atoms in total. The van der Waals surface area contributed by atoms with E-state index in [1.807, 2.05) is 0 Å². The number of unbranched alkanes of at least 4 members (excludes halogenated alkanes) is 11. The van der Waals surface area contributed by atoms with Gasteiger partial charge in [0, 0.05) is 13.7 Å². The summed E-state index contributed by atoms with van der Waals surface area (Å²) in [6, 6.07) is 0. The van der Waals surface area contributed by atoms with Gasteiger partial charge in [-0.3, -0.25) is 4.18 Å². The van der Waals surface area contributed by atoms with Crippen LogP contribution in [-0.2, 0) is 28.8 Å². The van der Waals surface area contributed by atoms with Gasteiger partial charge in [0.1, 0.15) is 24.4 Å². The molecule has 0 saturated carbocycles. The predicted octanol–water partition coefficient (Wildman–Crippen LogP) is -0.353. The van der Waals surface area contributed by atoms with Crippen molar-refractivity contribution >= 4 is 10.4 Å². The van der Waals surface area contributed by atoms with Gasteiger partial charge in [0.05, 0.1) is 6.61 Å². The van der Waals surface area contributed by atoms with E-state index in [9.17, 15) is 23.2 Å². The minimum absolute atomic E-state index is 0. The molecule has 0 spiro atoms. The molecule has 2 N–H and O–H groups in total. The van der Waals surface area contributed by atoms with Gasteiger partial charge in [-0.1, -0.05) is 77.6 Å². The third kappa shape index (κ3) is 14.2. The molecule has 11 heteroatoms. The van der Waals surface area contributed by atoms with Gasteiger partial charge in [0.15, 0.2) is 6.29 Å². The van der Waals surface area contributed by atoms with Crippen LogP contribution in [0.25, 0.3) is 0 Å². The standard InChI is InChI=1S/C21H42O9S.Na/c1-3-4-5-6-7-8-9-10-11-12-13-14-15-28-20-18(22)17(16-29-31(24,25)26)30-21(27-2)19(20)23;/h17-23H,3-16H2,1-2H3,(H,24,25,26);/q;+1/p-1/t17-,18+,19-,20+,21-;/m1./s1. The van der Waals surface area contributed by atoms with Gasteiger partial charge >= 0.3 is 29.6 Å². The molecule has 0 unspecified atom stereocenters. The molecule has 1 aliphatic rings. The zero-order valence-corrected chi connectivity index (χ0v) is 22.8. The molecule has 0 aliphatic carbocycles. The molecule has 1 fully saturated rings. The van der Waals surface area contributed by atoms with Crippen molar-refractivity contribution in [2.45, 2.75) is 115 Å². The number of rotatable bonds is 18. The third-order valence-corrected chi connectivity index (χ3v) is 5.98. The first-order valence-corrected chi connectivity index (χ1v) is 12.9. The summed E-state index contributed by atoms with van der Waals surface area (Å²) in [5, 5.41) is 20.6. The average molecular weight is 493 g/mol. The van der Waals surface area contributed by atoms with Gasteiger partial charge in [-0.05, 0) is 6.42 Å². The number of methoxy groups -OCH3 is 1. The Morgan fingerprint density at radius 2 is 1.38 bits per heavy atom. The van der Waals surface area contributed by atoms with E-state index in [0.29, 0.717) is 6.61 Å². The van der Waals surface area contributed by atoms with E-state index >= 15 is 0 Å². The van der Waals surface area contributed by atoms with Crippen molar-refractivity contribution < 1.29 is 71.1 Å². The molecule has 1 heterocycles. The second-order valence-electron chi connectivity index (χ2n) is 8.18. The van der Waals surface area contributed by atoms with E-state index in [0.717, 1.165) is 19.3 Å². The van der Waals surface area contributed by atoms with Gasteiger partial charge in [0.2, 0.25) is 10.4 Å². The summed E-state index contributed by atoms with van der Waals surface area (Å²) in [4.78, 5) is 0. The Morgan fingerprint density at radius 1 is 0.875 bits per heavy atom. The molecule has 0 amide bonds. The van der Waals surface area contributed by atoms with E-state index < -0.39 is 47.7 Å². The van der Waals surface area contributed by atoms with E-state index in [4.69, 9.17) is 14.2 Å². The van der Waals surface area contributed by atoms with Crippen LogP contribution in [0.1, 0.15) is 84.0 Å². The summed E-state index contributed by atoms with van der Waals surface area (Å²) < 4.78 is 52.1. The third-order valence-electron chi connectivity index (χ3n) is 5.56. The second kappa shape index (κ2) is 18.9. The number of hydrogen-bond donors (Lipinski definition) is 2. The monoisotopic (exact) mass is 492 g/mol. The molecule has 0 aromatic carbocycles. The van der Waals surface area contributed by atoms with Crippen LogP contribution in [0.5, 0.6) is 0 Å². The Balaban J connectivity index is 0.00000961. The molecular weight excluding hydrogens is 451 g/mol. The maximum atomic E-state index is 10.7. The first-order chi connectivity index (χ1) is 14.8. The Labute approximate surface area is 215 Å². The molecule has 0 bridgehead atoms. The van der Waals surface area contributed by atoms with Crippen LogP contribution in [0, 0.1) is 0 Å². The Hall–Kier alpha value is 0.670. The molecule has 0 aromatic rings. The van der Waals surface area contributed by atoms with Gasteiger partial charge < -0.3 is 29.0 Å². The number of hydrogen-bond acceptors (Lipinski definition) is 9. The summed E-state index contributed by atoms with van der Waals surface area (Å²) in [5.74, 6) is 0. The summed E-state index contributed by atoms with van der Waals surface area (Å²) in [7, 11) is -3.63. The summed E-state index contributed by atoms with van der Waals surface area (Å²) in [6.45, 7) is 1.88. The fourth-order valence-corrected chi connectivity index (χ4v) is 4.05. The Kier molecular flexibility index (Phi) is 19.3. The summed E-state index contributed by atoms with van der Waals surface area (Å²) in [6.07, 6.45) is 8.60. The van der Waals surface area contributed by atoms with Crippen LogP contribution < -0.4 is 29.6 Å². The summed E-state index contributed by atoms with van der Waals surface area (Å²) in [5.41, 5.74) is 0. The largest absolute Gasteiger partial charge is 1.00 e. The van der Waals surface area contributed by atoms with Gasteiger partial charge in [-0.25, -0.2) is 8.42 Å². The first-order valence-electron chi connectivity index (χ1n) is 11.6. The first kappa shape index (κ1) is 32.7. The smallest absolute Gasteiger partial charge is 0.726 e. The van der Waals surface area contributed by atoms with E-state index in [1.54, 1.807) is 0 Å². The molecule has 32 heavy (non-hydrogen) atoms. The van der Waals surface area contributed by atoms with Crippen LogP contribution in [0.3, 0.4) is 0 Å². The SMILES string of the molecule is CCCCCCCCCCCCCCO[C@H]1[C@@H](O)[C@@H](COS(=O)(=O)[O-])O[C@@H](OC)[C@@H]1O.[Na+]. The van der Waals surface area contributed by atoms with Crippen molar-refractivity contribution in [3.63, 3.8) is 0 Å². The fraction of sp³-hybridized carbons (Fsp3) is 1.00. The van der Waals surface area contributed by atoms with Gasteiger partial charge in [-0.15, -0.1) is 0 Å². The number of ether oxygens (including phenoxy) is 3. The van der Waals surface area contributed by atoms with Crippen LogP contribution in [0.4, 0.5) is 0 Å². The van der Waals surface area contributed by atoms with Gasteiger partial charge in [0.25, 0.3) is 0 Å². The minimum Gasteiger partial charge on any atom is -0.726 e. The molecule has 0 radical (unpaired) electrons. The van der Waals surface area contributed by atoms with Crippen molar-refractivity contribution in [2.24, 2.45) is 0 Å². The summed E-state index contributed by atoms with van der Waals surface area (Å²) >= 11 is 0. The van der Waals surface area contributed by atoms with Crippen molar-refractivity contribution in [1.82, 2.24) is 0 Å². The van der Waals surface area contributed by atoms with Crippen molar-refractivity contribution in [1.29, 1.82) is 0 Å². The van der Waals surface area contributed by atoms with Crippen LogP contribution in [0.2, 0.25) is 0 Å². The zero-order valence-electron chi connectivity index (χ0n) is 19.9. The molecule has 0 aromatic heterocycles. The molecule has 1 rings (SSSR count). The van der Waals surface area contributed by atoms with E-state index in [-0.39, 0.29) is 29.6 Å². The maximum Gasteiger partial charge on any atom is 1.00 e. The minimum atomic E-state index is -4.93. The Morgan fingerprint density at radius 3 is 1.84 bits per heavy atom. The average Bonchev–Trinajstić information content (AvgIpc) is 2.72. The zero-order chi connectivity index (χ0) is 23.1. The molecular formula is C21H41NaO9S. The fourth-order valence-electron chi connectivity index (χ4n) is 3.74. The number of aliphatic hydroxyl groups is 2. The van der Waals surface area contributed by atoms with Crippen molar-refractivity contribution in [3.05, 3.63) is 0 Å². The van der Waals surface area contributed by atoms with Crippen LogP contribution >= 0.6 is 0 Å².